The molecule has 0 atom stereocenters. The van der Waals surface area contributed by atoms with E-state index < -0.39 is 24.5 Å². The Morgan fingerprint density at radius 2 is 1.88 bits per heavy atom. The normalized spacial score (nSPS) is 10.2. The van der Waals surface area contributed by atoms with E-state index in [0.717, 1.165) is 5.56 Å². The van der Waals surface area contributed by atoms with Crippen molar-refractivity contribution in [3.05, 3.63) is 29.8 Å². The molecule has 7 nitrogen and oxygen atoms in total. The molecule has 0 saturated carbocycles. The van der Waals surface area contributed by atoms with Crippen molar-refractivity contribution in [1.82, 2.24) is 10.6 Å². The van der Waals surface area contributed by atoms with Crippen molar-refractivity contribution in [3.63, 3.8) is 0 Å². The predicted molar refractivity (Wildman–Crippen MR) is 88.7 cm³/mol. The summed E-state index contributed by atoms with van der Waals surface area (Å²) in [6.45, 7) is 3.84. The molecule has 0 aromatic heterocycles. The van der Waals surface area contributed by atoms with E-state index in [0.29, 0.717) is 18.7 Å². The molecule has 0 radical (unpaired) electrons. The van der Waals surface area contributed by atoms with Crippen molar-refractivity contribution in [3.8, 4) is 5.75 Å². The molecule has 7 heteroatoms. The number of hydrogen-bond donors (Lipinski definition) is 2. The lowest BCUT2D eigenvalue weighted by Gasteiger charge is -2.09. The van der Waals surface area contributed by atoms with E-state index in [-0.39, 0.29) is 12.3 Å². The van der Waals surface area contributed by atoms with Crippen LogP contribution in [-0.4, -0.2) is 38.2 Å². The zero-order valence-electron chi connectivity index (χ0n) is 14.3. The highest BCUT2D eigenvalue weighted by molar-refractivity contribution is 5.95. The third-order valence-electron chi connectivity index (χ3n) is 3.08. The minimum atomic E-state index is -0.665. The van der Waals surface area contributed by atoms with Crippen LogP contribution in [0, 0.1) is 5.92 Å². The van der Waals surface area contributed by atoms with Crippen molar-refractivity contribution >= 4 is 17.9 Å². The van der Waals surface area contributed by atoms with Crippen LogP contribution in [0.15, 0.2) is 24.3 Å². The molecule has 0 heterocycles. The first-order valence-corrected chi connectivity index (χ1v) is 7.77. The number of urea groups is 1. The van der Waals surface area contributed by atoms with Crippen LogP contribution in [-0.2, 0) is 20.7 Å². The standard InChI is InChI=1S/C17H24N2O5/c1-12(2)10-18-17(22)19-15(20)11-24-16(21)9-8-13-6-4-5-7-14(13)23-3/h4-7,12H,8-11H2,1-3H3,(H2,18,19,20,22). The lowest BCUT2D eigenvalue weighted by Crippen LogP contribution is -2.42. The van der Waals surface area contributed by atoms with Gasteiger partial charge in [-0.1, -0.05) is 32.0 Å². The van der Waals surface area contributed by atoms with E-state index in [9.17, 15) is 14.4 Å². The third kappa shape index (κ3) is 7.62. The number of ether oxygens (including phenoxy) is 2. The Labute approximate surface area is 141 Å². The van der Waals surface area contributed by atoms with Crippen molar-refractivity contribution in [2.24, 2.45) is 5.92 Å². The number of nitrogens with one attached hydrogen (secondary N) is 2. The fourth-order valence-electron chi connectivity index (χ4n) is 1.87. The van der Waals surface area contributed by atoms with Gasteiger partial charge in [0.1, 0.15) is 5.75 Å². The molecule has 0 saturated heterocycles. The number of aryl methyl sites for hydroxylation is 1. The van der Waals surface area contributed by atoms with Gasteiger partial charge in [-0.2, -0.15) is 0 Å². The highest BCUT2D eigenvalue weighted by atomic mass is 16.5. The number of hydrogen-bond acceptors (Lipinski definition) is 5. The van der Waals surface area contributed by atoms with Gasteiger partial charge in [-0.3, -0.25) is 14.9 Å². The maximum atomic E-state index is 11.7. The highest BCUT2D eigenvalue weighted by Gasteiger charge is 2.12. The number of imide groups is 1. The molecule has 0 aliphatic carbocycles. The number of esters is 1. The SMILES string of the molecule is COc1ccccc1CCC(=O)OCC(=O)NC(=O)NCC(C)C. The molecule has 0 aliphatic heterocycles. The van der Waals surface area contributed by atoms with Crippen molar-refractivity contribution in [1.29, 1.82) is 0 Å². The molecule has 24 heavy (non-hydrogen) atoms. The molecular weight excluding hydrogens is 312 g/mol. The smallest absolute Gasteiger partial charge is 0.321 e. The molecule has 1 rings (SSSR count). The van der Waals surface area contributed by atoms with Gasteiger partial charge >= 0.3 is 12.0 Å². The summed E-state index contributed by atoms with van der Waals surface area (Å²) in [5.41, 5.74) is 0.884. The largest absolute Gasteiger partial charge is 0.496 e. The zero-order valence-corrected chi connectivity index (χ0v) is 14.3. The molecule has 0 fully saturated rings. The quantitative estimate of drug-likeness (QED) is 0.704. The van der Waals surface area contributed by atoms with Gasteiger partial charge < -0.3 is 14.8 Å². The number of benzene rings is 1. The Hall–Kier alpha value is -2.57. The van der Waals surface area contributed by atoms with E-state index in [4.69, 9.17) is 9.47 Å². The molecule has 0 unspecified atom stereocenters. The van der Waals surface area contributed by atoms with Gasteiger partial charge in [0.25, 0.3) is 5.91 Å². The molecule has 132 valence electrons. The van der Waals surface area contributed by atoms with E-state index >= 15 is 0 Å². The predicted octanol–water partition coefficient (Wildman–Crippen LogP) is 1.65. The van der Waals surface area contributed by atoms with Crippen LogP contribution < -0.4 is 15.4 Å². The molecular formula is C17H24N2O5. The summed E-state index contributed by atoms with van der Waals surface area (Å²) in [7, 11) is 1.56. The maximum absolute atomic E-state index is 11.7. The summed E-state index contributed by atoms with van der Waals surface area (Å²) in [5.74, 6) is -0.205. The first-order valence-electron chi connectivity index (χ1n) is 7.77. The fourth-order valence-corrected chi connectivity index (χ4v) is 1.87. The molecule has 2 N–H and O–H groups in total. The first-order chi connectivity index (χ1) is 11.4. The van der Waals surface area contributed by atoms with Gasteiger partial charge in [-0.05, 0) is 24.0 Å². The first kappa shape index (κ1) is 19.5. The molecule has 1 aromatic rings. The Bertz CT molecular complexity index is 572. The van der Waals surface area contributed by atoms with Crippen LogP contribution >= 0.6 is 0 Å². The van der Waals surface area contributed by atoms with Crippen LogP contribution in [0.5, 0.6) is 5.75 Å². The molecule has 3 amide bonds. The third-order valence-corrected chi connectivity index (χ3v) is 3.08. The molecule has 0 aliphatic rings. The second-order valence-corrected chi connectivity index (χ2v) is 5.62. The lowest BCUT2D eigenvalue weighted by molar-refractivity contribution is -0.148. The van der Waals surface area contributed by atoms with Crippen LogP contribution in [0.4, 0.5) is 4.79 Å². The number of carbonyl (C=O) groups excluding carboxylic acids is 3. The summed E-state index contributed by atoms with van der Waals surface area (Å²) in [6.07, 6.45) is 0.562. The number of rotatable bonds is 8. The van der Waals surface area contributed by atoms with Crippen LogP contribution in [0.1, 0.15) is 25.8 Å². The number of carbonyl (C=O) groups is 3. The molecule has 0 bridgehead atoms. The van der Waals surface area contributed by atoms with E-state index in [1.807, 2.05) is 38.1 Å². The van der Waals surface area contributed by atoms with Gasteiger partial charge in [0.15, 0.2) is 6.61 Å². The molecule has 1 aromatic carbocycles. The van der Waals surface area contributed by atoms with Gasteiger partial charge in [-0.15, -0.1) is 0 Å². The minimum absolute atomic E-state index is 0.118. The summed E-state index contributed by atoms with van der Waals surface area (Å²) < 4.78 is 10.1. The van der Waals surface area contributed by atoms with Gasteiger partial charge in [0.2, 0.25) is 0 Å². The second kappa shape index (κ2) is 10.3. The Morgan fingerprint density at radius 3 is 2.54 bits per heavy atom. The summed E-state index contributed by atoms with van der Waals surface area (Å²) in [5, 5.41) is 4.63. The second-order valence-electron chi connectivity index (χ2n) is 5.62. The van der Waals surface area contributed by atoms with Crippen molar-refractivity contribution in [2.45, 2.75) is 26.7 Å². The van der Waals surface area contributed by atoms with Crippen molar-refractivity contribution in [2.75, 3.05) is 20.3 Å². The lowest BCUT2D eigenvalue weighted by atomic mass is 10.1. The van der Waals surface area contributed by atoms with Crippen LogP contribution in [0.2, 0.25) is 0 Å². The average molecular weight is 336 g/mol. The van der Waals surface area contributed by atoms with E-state index in [2.05, 4.69) is 10.6 Å². The van der Waals surface area contributed by atoms with Gasteiger partial charge in [0.05, 0.1) is 7.11 Å². The number of amides is 3. The topological polar surface area (TPSA) is 93.7 Å². The number of para-hydroxylation sites is 1. The fraction of sp³-hybridized carbons (Fsp3) is 0.471. The Balaban J connectivity index is 2.28. The monoisotopic (exact) mass is 336 g/mol. The average Bonchev–Trinajstić information content (AvgIpc) is 2.56. The summed E-state index contributed by atoms with van der Waals surface area (Å²) >= 11 is 0. The maximum Gasteiger partial charge on any atom is 0.321 e. The van der Waals surface area contributed by atoms with Crippen molar-refractivity contribution < 1.29 is 23.9 Å². The van der Waals surface area contributed by atoms with Crippen LogP contribution in [0.3, 0.4) is 0 Å². The summed E-state index contributed by atoms with van der Waals surface area (Å²) in [4.78, 5) is 34.6. The van der Waals surface area contributed by atoms with Gasteiger partial charge in [0, 0.05) is 13.0 Å². The Kier molecular flexibility index (Phi) is 8.32. The van der Waals surface area contributed by atoms with E-state index in [1.165, 1.54) is 0 Å². The zero-order chi connectivity index (χ0) is 17.9. The molecule has 0 spiro atoms. The number of methoxy groups -OCH3 is 1. The van der Waals surface area contributed by atoms with E-state index in [1.54, 1.807) is 7.11 Å². The summed E-state index contributed by atoms with van der Waals surface area (Å²) in [6, 6.07) is 6.77. The minimum Gasteiger partial charge on any atom is -0.496 e. The highest BCUT2D eigenvalue weighted by Crippen LogP contribution is 2.18. The van der Waals surface area contributed by atoms with Gasteiger partial charge in [-0.25, -0.2) is 4.79 Å². The van der Waals surface area contributed by atoms with Crippen LogP contribution in [0.25, 0.3) is 0 Å². The Morgan fingerprint density at radius 1 is 1.17 bits per heavy atom.